The van der Waals surface area contributed by atoms with Gasteiger partial charge in [-0.1, -0.05) is 19.1 Å². The van der Waals surface area contributed by atoms with Crippen molar-refractivity contribution in [3.05, 3.63) is 12.2 Å². The number of aromatic nitrogens is 3. The minimum atomic E-state index is 0.629. The summed E-state index contributed by atoms with van der Waals surface area (Å²) in [7, 11) is 0. The summed E-state index contributed by atoms with van der Waals surface area (Å²) in [5, 5.41) is 9.40. The molecule has 2 N–H and O–H groups in total. The Morgan fingerprint density at radius 1 is 1.82 bits per heavy atom. The number of nitrogens with one attached hydrogen (secondary N) is 2. The fraction of sp³-hybridized carbons (Fsp3) is 0.500. The SMILES string of the molecule is CCCNC(=S)c1ncn[nH]1. The second kappa shape index (κ2) is 4.02. The normalized spacial score (nSPS) is 9.55. The molecule has 0 aliphatic rings. The van der Waals surface area contributed by atoms with Gasteiger partial charge < -0.3 is 5.32 Å². The molecule has 11 heavy (non-hydrogen) atoms. The molecule has 0 amide bonds. The summed E-state index contributed by atoms with van der Waals surface area (Å²) in [4.78, 5) is 4.53. The van der Waals surface area contributed by atoms with Gasteiger partial charge in [0.15, 0.2) is 5.82 Å². The molecule has 1 heterocycles. The largest absolute Gasteiger partial charge is 0.373 e. The van der Waals surface area contributed by atoms with Gasteiger partial charge in [-0.2, -0.15) is 5.10 Å². The standard InChI is InChI=1S/C6H10N4S/c1-2-3-7-6(11)5-8-4-9-10-5/h4H,2-3H2,1H3,(H,7,11)(H,8,9,10). The summed E-state index contributed by atoms with van der Waals surface area (Å²) in [5.74, 6) is 0.633. The number of nitrogens with zero attached hydrogens (tertiary/aromatic N) is 2. The van der Waals surface area contributed by atoms with Gasteiger partial charge in [0.1, 0.15) is 11.3 Å². The molecule has 1 aromatic rings. The smallest absolute Gasteiger partial charge is 0.182 e. The lowest BCUT2D eigenvalue weighted by Crippen LogP contribution is -2.23. The highest BCUT2D eigenvalue weighted by atomic mass is 32.1. The zero-order valence-electron chi connectivity index (χ0n) is 6.29. The van der Waals surface area contributed by atoms with Crippen molar-refractivity contribution >= 4 is 17.2 Å². The van der Waals surface area contributed by atoms with E-state index in [1.54, 1.807) is 0 Å². The first-order valence-electron chi connectivity index (χ1n) is 3.48. The molecule has 0 aliphatic heterocycles. The van der Waals surface area contributed by atoms with Crippen LogP contribution in [-0.2, 0) is 0 Å². The molecule has 0 saturated carbocycles. The lowest BCUT2D eigenvalue weighted by atomic mass is 10.4. The number of thiocarbonyl (C=S) groups is 1. The predicted octanol–water partition coefficient (Wildman–Crippen LogP) is 0.480. The van der Waals surface area contributed by atoms with E-state index < -0.39 is 0 Å². The Labute approximate surface area is 70.4 Å². The van der Waals surface area contributed by atoms with Crippen LogP contribution in [0.3, 0.4) is 0 Å². The van der Waals surface area contributed by atoms with Crippen molar-refractivity contribution in [3.8, 4) is 0 Å². The summed E-state index contributed by atoms with van der Waals surface area (Å²) >= 11 is 4.99. The van der Waals surface area contributed by atoms with Crippen LogP contribution in [0.4, 0.5) is 0 Å². The van der Waals surface area contributed by atoms with Gasteiger partial charge in [0.25, 0.3) is 0 Å². The number of aromatic amines is 1. The molecule has 0 unspecified atom stereocenters. The molecule has 0 fully saturated rings. The average molecular weight is 170 g/mol. The summed E-state index contributed by atoms with van der Waals surface area (Å²) in [6, 6.07) is 0. The molecule has 5 heteroatoms. The van der Waals surface area contributed by atoms with Crippen LogP contribution in [-0.4, -0.2) is 26.7 Å². The minimum absolute atomic E-state index is 0.629. The first-order valence-corrected chi connectivity index (χ1v) is 3.89. The third kappa shape index (κ3) is 2.27. The van der Waals surface area contributed by atoms with Crippen molar-refractivity contribution in [1.82, 2.24) is 20.5 Å². The zero-order chi connectivity index (χ0) is 8.10. The Kier molecular flexibility index (Phi) is 2.97. The van der Waals surface area contributed by atoms with Crippen LogP contribution in [0.5, 0.6) is 0 Å². The number of H-pyrrole nitrogens is 1. The fourth-order valence-electron chi connectivity index (χ4n) is 0.637. The van der Waals surface area contributed by atoms with Crippen LogP contribution in [0.25, 0.3) is 0 Å². The number of rotatable bonds is 3. The average Bonchev–Trinajstić information content (AvgIpc) is 2.52. The van der Waals surface area contributed by atoms with E-state index >= 15 is 0 Å². The summed E-state index contributed by atoms with van der Waals surface area (Å²) in [6.07, 6.45) is 2.49. The quantitative estimate of drug-likeness (QED) is 0.648. The lowest BCUT2D eigenvalue weighted by Gasteiger charge is -2.00. The molecule has 0 saturated heterocycles. The van der Waals surface area contributed by atoms with Crippen LogP contribution < -0.4 is 5.32 Å². The Bertz CT molecular complexity index is 218. The van der Waals surface area contributed by atoms with Crippen LogP contribution in [0, 0.1) is 0 Å². The molecule has 0 atom stereocenters. The Balaban J connectivity index is 2.43. The molecule has 1 rings (SSSR count). The Morgan fingerprint density at radius 3 is 3.18 bits per heavy atom. The summed E-state index contributed by atoms with van der Waals surface area (Å²) < 4.78 is 0. The van der Waals surface area contributed by atoms with E-state index in [2.05, 4.69) is 27.4 Å². The summed E-state index contributed by atoms with van der Waals surface area (Å²) in [6.45, 7) is 2.95. The van der Waals surface area contributed by atoms with E-state index in [0.29, 0.717) is 10.8 Å². The maximum Gasteiger partial charge on any atom is 0.182 e. The van der Waals surface area contributed by atoms with Crippen LogP contribution in [0.1, 0.15) is 19.2 Å². The number of hydrogen-bond donors (Lipinski definition) is 2. The monoisotopic (exact) mass is 170 g/mol. The highest BCUT2D eigenvalue weighted by Crippen LogP contribution is 1.86. The molecule has 0 aliphatic carbocycles. The van der Waals surface area contributed by atoms with Gasteiger partial charge in [-0.15, -0.1) is 0 Å². The Hall–Kier alpha value is -0.970. The molecule has 0 aromatic carbocycles. The molecular formula is C6H10N4S. The third-order valence-electron chi connectivity index (χ3n) is 1.17. The van der Waals surface area contributed by atoms with Gasteiger partial charge >= 0.3 is 0 Å². The van der Waals surface area contributed by atoms with Crippen LogP contribution >= 0.6 is 12.2 Å². The van der Waals surface area contributed by atoms with Gasteiger partial charge in [-0.05, 0) is 6.42 Å². The first kappa shape index (κ1) is 8.13. The van der Waals surface area contributed by atoms with Crippen molar-refractivity contribution in [2.45, 2.75) is 13.3 Å². The molecule has 0 radical (unpaired) electrons. The van der Waals surface area contributed by atoms with Gasteiger partial charge in [0.2, 0.25) is 0 Å². The highest BCUT2D eigenvalue weighted by Gasteiger charge is 2.00. The van der Waals surface area contributed by atoms with Crippen molar-refractivity contribution in [3.63, 3.8) is 0 Å². The zero-order valence-corrected chi connectivity index (χ0v) is 7.11. The van der Waals surface area contributed by atoms with Gasteiger partial charge in [-0.25, -0.2) is 4.98 Å². The summed E-state index contributed by atoms with van der Waals surface area (Å²) in [5.41, 5.74) is 0. The molecule has 1 aromatic heterocycles. The molecule has 0 bridgehead atoms. The van der Waals surface area contributed by atoms with E-state index in [1.807, 2.05) is 0 Å². The molecule has 4 nitrogen and oxygen atoms in total. The van der Waals surface area contributed by atoms with Crippen molar-refractivity contribution in [1.29, 1.82) is 0 Å². The second-order valence-electron chi connectivity index (χ2n) is 2.09. The second-order valence-corrected chi connectivity index (χ2v) is 2.50. The van der Waals surface area contributed by atoms with E-state index in [-0.39, 0.29) is 0 Å². The first-order chi connectivity index (χ1) is 5.34. The van der Waals surface area contributed by atoms with Gasteiger partial charge in [0.05, 0.1) is 0 Å². The maximum absolute atomic E-state index is 4.99. The van der Waals surface area contributed by atoms with Gasteiger partial charge in [-0.3, -0.25) is 5.10 Å². The maximum atomic E-state index is 4.99. The van der Waals surface area contributed by atoms with Crippen LogP contribution in [0.15, 0.2) is 6.33 Å². The van der Waals surface area contributed by atoms with E-state index in [0.717, 1.165) is 13.0 Å². The number of hydrogen-bond acceptors (Lipinski definition) is 3. The van der Waals surface area contributed by atoms with Crippen molar-refractivity contribution < 1.29 is 0 Å². The predicted molar refractivity (Wildman–Crippen MR) is 46.4 cm³/mol. The third-order valence-corrected chi connectivity index (χ3v) is 1.50. The van der Waals surface area contributed by atoms with Crippen molar-refractivity contribution in [2.75, 3.05) is 6.54 Å². The van der Waals surface area contributed by atoms with Crippen molar-refractivity contribution in [2.24, 2.45) is 0 Å². The van der Waals surface area contributed by atoms with E-state index in [4.69, 9.17) is 12.2 Å². The lowest BCUT2D eigenvalue weighted by molar-refractivity contribution is 0.843. The van der Waals surface area contributed by atoms with E-state index in [9.17, 15) is 0 Å². The molecule has 60 valence electrons. The van der Waals surface area contributed by atoms with Crippen LogP contribution in [0.2, 0.25) is 0 Å². The molecule has 0 spiro atoms. The molecular weight excluding hydrogens is 160 g/mol. The van der Waals surface area contributed by atoms with E-state index in [1.165, 1.54) is 6.33 Å². The topological polar surface area (TPSA) is 53.6 Å². The fourth-order valence-corrected chi connectivity index (χ4v) is 0.838. The van der Waals surface area contributed by atoms with Gasteiger partial charge in [0, 0.05) is 6.54 Å². The Morgan fingerprint density at radius 2 is 2.64 bits per heavy atom. The minimum Gasteiger partial charge on any atom is -0.373 e. The highest BCUT2D eigenvalue weighted by molar-refractivity contribution is 7.80.